The van der Waals surface area contributed by atoms with Crippen molar-refractivity contribution in [3.63, 3.8) is 0 Å². The third-order valence-corrected chi connectivity index (χ3v) is 9.65. The zero-order valence-corrected chi connectivity index (χ0v) is 24.3. The van der Waals surface area contributed by atoms with Gasteiger partial charge < -0.3 is 4.90 Å². The summed E-state index contributed by atoms with van der Waals surface area (Å²) in [7, 11) is 0. The predicted molar refractivity (Wildman–Crippen MR) is 165 cm³/mol. The van der Waals surface area contributed by atoms with E-state index in [2.05, 4.69) is 93.2 Å². The number of carbonyl (C=O) groups is 2. The fraction of sp³-hybridized carbons (Fsp3) is 0.250. The predicted octanol–water partition coefficient (Wildman–Crippen LogP) is 7.93. The molecule has 2 aliphatic rings. The van der Waals surface area contributed by atoms with Crippen LogP contribution in [0.3, 0.4) is 0 Å². The number of ketones is 2. The smallest absolute Gasteiger partial charge is 0.188 e. The Hall–Kier alpha value is -4.08. The highest BCUT2D eigenvalue weighted by Gasteiger charge is 2.47. The summed E-state index contributed by atoms with van der Waals surface area (Å²) in [5, 5.41) is 1.04. The van der Waals surface area contributed by atoms with E-state index in [0.29, 0.717) is 22.4 Å². The summed E-state index contributed by atoms with van der Waals surface area (Å²) in [6.07, 6.45) is 5.12. The molecule has 0 amide bonds. The Morgan fingerprint density at radius 1 is 0.780 bits per heavy atom. The molecule has 2 saturated carbocycles. The molecule has 2 aliphatic carbocycles. The van der Waals surface area contributed by atoms with E-state index in [4.69, 9.17) is 4.98 Å². The summed E-state index contributed by atoms with van der Waals surface area (Å²) in [6.45, 7) is 4.17. The van der Waals surface area contributed by atoms with Gasteiger partial charge >= 0.3 is 0 Å². The van der Waals surface area contributed by atoms with Crippen molar-refractivity contribution in [3.05, 3.63) is 78.0 Å². The van der Waals surface area contributed by atoms with Crippen molar-refractivity contribution >= 4 is 73.4 Å². The number of aromatic nitrogens is 3. The summed E-state index contributed by atoms with van der Waals surface area (Å²) in [6, 6.07) is 21.1. The Balaban J connectivity index is 1.27. The number of rotatable bonds is 5. The average Bonchev–Trinajstić information content (AvgIpc) is 3.73. The summed E-state index contributed by atoms with van der Waals surface area (Å²) in [5.41, 5.74) is 6.91. The molecule has 5 aromatic rings. The Morgan fingerprint density at radius 3 is 1.98 bits per heavy atom. The molecule has 0 spiro atoms. The highest BCUT2D eigenvalue weighted by Crippen LogP contribution is 2.44. The molecule has 0 bridgehead atoms. The van der Waals surface area contributed by atoms with Gasteiger partial charge in [0.15, 0.2) is 17.3 Å². The first kappa shape index (κ1) is 25.9. The molecule has 7 rings (SSSR count). The van der Waals surface area contributed by atoms with E-state index in [-0.39, 0.29) is 29.1 Å². The van der Waals surface area contributed by atoms with Crippen molar-refractivity contribution in [2.75, 3.05) is 4.90 Å². The largest absolute Gasteiger partial charge is 0.302 e. The number of Topliss-reactive ketones (excluding diaryl/α,β-unsaturated/α-hetero) is 2. The number of nitrogens with zero attached hydrogens (tertiary/aromatic N) is 5. The molecule has 2 atom stereocenters. The molecule has 0 radical (unpaired) electrons. The second-order valence-electron chi connectivity index (χ2n) is 10.8. The lowest BCUT2D eigenvalue weighted by molar-refractivity contribution is -0.120. The van der Waals surface area contributed by atoms with E-state index < -0.39 is 0 Å². The standard InChI is InChI=1S/C32H27N5O2S2/c1-18-7-11-20(12-8-18)37(21-13-9-19(2)10-14-21)26-16-15-25(40-26)28-29-27(35-41-36-29)24(17-33-28)34-30-31(38)22-5-3-4-6-23(22)32(30)39/h7-17,22-23H,3-6H2,1-2H3. The number of aliphatic imine (C=N–C) groups is 1. The van der Waals surface area contributed by atoms with Crippen LogP contribution in [-0.2, 0) is 9.59 Å². The first-order valence-electron chi connectivity index (χ1n) is 13.8. The van der Waals surface area contributed by atoms with E-state index >= 15 is 0 Å². The number of hydrogen-bond donors (Lipinski definition) is 0. The molecule has 0 aliphatic heterocycles. The lowest BCUT2D eigenvalue weighted by Crippen LogP contribution is -2.21. The van der Waals surface area contributed by atoms with E-state index in [0.717, 1.165) is 58.7 Å². The molecule has 7 nitrogen and oxygen atoms in total. The molecule has 2 aromatic carbocycles. The molecule has 3 aromatic heterocycles. The van der Waals surface area contributed by atoms with Crippen LogP contribution in [0, 0.1) is 25.7 Å². The molecule has 0 saturated heterocycles. The fourth-order valence-corrected chi connectivity index (χ4v) is 7.45. The van der Waals surface area contributed by atoms with E-state index in [9.17, 15) is 9.59 Å². The maximum absolute atomic E-state index is 13.0. The van der Waals surface area contributed by atoms with Gasteiger partial charge in [0, 0.05) is 23.2 Å². The lowest BCUT2D eigenvalue weighted by Gasteiger charge is -2.24. The molecular formula is C32H27N5O2S2. The number of aryl methyl sites for hydroxylation is 2. The lowest BCUT2D eigenvalue weighted by atomic mass is 9.81. The Kier molecular flexibility index (Phi) is 6.55. The fourth-order valence-electron chi connectivity index (χ4n) is 5.85. The SMILES string of the molecule is Cc1ccc(N(c2ccc(C)cc2)c2ccc(-c3ncc(N=C4C(=O)C5CCCCC5C4=O)c4nsnc34)s2)cc1. The van der Waals surface area contributed by atoms with Crippen molar-refractivity contribution < 1.29 is 9.59 Å². The van der Waals surface area contributed by atoms with Crippen LogP contribution in [0.15, 0.2) is 71.9 Å². The van der Waals surface area contributed by atoms with E-state index in [1.54, 1.807) is 17.5 Å². The quantitative estimate of drug-likeness (QED) is 0.211. The first-order chi connectivity index (χ1) is 20.0. The monoisotopic (exact) mass is 577 g/mol. The van der Waals surface area contributed by atoms with Gasteiger partial charge in [-0.2, -0.15) is 8.75 Å². The van der Waals surface area contributed by atoms with Crippen LogP contribution >= 0.6 is 23.1 Å². The second-order valence-corrected chi connectivity index (χ2v) is 12.4. The van der Waals surface area contributed by atoms with Crippen molar-refractivity contribution in [2.24, 2.45) is 16.8 Å². The first-order valence-corrected chi connectivity index (χ1v) is 15.3. The number of carbonyl (C=O) groups excluding carboxylic acids is 2. The number of anilines is 3. The van der Waals surface area contributed by atoms with Crippen molar-refractivity contribution in [1.82, 2.24) is 13.7 Å². The van der Waals surface area contributed by atoms with Gasteiger partial charge in [-0.15, -0.1) is 11.3 Å². The third kappa shape index (κ3) is 4.59. The molecule has 204 valence electrons. The maximum atomic E-state index is 13.0. The molecule has 41 heavy (non-hydrogen) atoms. The van der Waals surface area contributed by atoms with Crippen molar-refractivity contribution in [1.29, 1.82) is 0 Å². The van der Waals surface area contributed by atoms with E-state index in [1.165, 1.54) is 11.1 Å². The average molecular weight is 578 g/mol. The van der Waals surface area contributed by atoms with Crippen LogP contribution in [0.5, 0.6) is 0 Å². The molecule has 3 heterocycles. The Labute approximate surface area is 245 Å². The highest BCUT2D eigenvalue weighted by atomic mass is 32.1. The van der Waals surface area contributed by atoms with Crippen molar-refractivity contribution in [2.45, 2.75) is 39.5 Å². The third-order valence-electron chi connectivity index (χ3n) is 8.04. The van der Waals surface area contributed by atoms with Crippen LogP contribution in [-0.4, -0.2) is 31.0 Å². The van der Waals surface area contributed by atoms with Gasteiger partial charge in [0.25, 0.3) is 0 Å². The van der Waals surface area contributed by atoms with Gasteiger partial charge in [0.2, 0.25) is 0 Å². The molecule has 0 N–H and O–H groups in total. The van der Waals surface area contributed by atoms with Gasteiger partial charge in [0.1, 0.15) is 27.4 Å². The summed E-state index contributed by atoms with van der Waals surface area (Å²) < 4.78 is 9.05. The second kappa shape index (κ2) is 10.4. The summed E-state index contributed by atoms with van der Waals surface area (Å²) in [4.78, 5) is 38.6. The minimum atomic E-state index is -0.221. The normalized spacial score (nSPS) is 18.6. The van der Waals surface area contributed by atoms with Crippen LogP contribution < -0.4 is 4.90 Å². The van der Waals surface area contributed by atoms with Crippen LogP contribution in [0.4, 0.5) is 22.1 Å². The van der Waals surface area contributed by atoms with Gasteiger partial charge in [-0.25, -0.2) is 4.99 Å². The number of thiophene rings is 1. The Bertz CT molecular complexity index is 1750. The number of hydrogen-bond acceptors (Lipinski definition) is 9. The number of pyridine rings is 1. The Morgan fingerprint density at radius 2 is 1.37 bits per heavy atom. The molecule has 2 fully saturated rings. The topological polar surface area (TPSA) is 88.4 Å². The van der Waals surface area contributed by atoms with Gasteiger partial charge in [-0.1, -0.05) is 48.2 Å². The summed E-state index contributed by atoms with van der Waals surface area (Å²) >= 11 is 2.70. The van der Waals surface area contributed by atoms with E-state index in [1.807, 2.05) is 0 Å². The molecule has 9 heteroatoms. The zero-order valence-electron chi connectivity index (χ0n) is 22.7. The summed E-state index contributed by atoms with van der Waals surface area (Å²) in [5.74, 6) is -0.702. The zero-order chi connectivity index (χ0) is 28.1. The van der Waals surface area contributed by atoms with Gasteiger partial charge in [-0.05, 0) is 63.1 Å². The van der Waals surface area contributed by atoms with Gasteiger partial charge in [-0.3, -0.25) is 14.6 Å². The maximum Gasteiger partial charge on any atom is 0.188 e. The molecular weight excluding hydrogens is 551 g/mol. The van der Waals surface area contributed by atoms with Crippen molar-refractivity contribution in [3.8, 4) is 10.6 Å². The van der Waals surface area contributed by atoms with Crippen LogP contribution in [0.2, 0.25) is 0 Å². The minimum Gasteiger partial charge on any atom is -0.302 e. The van der Waals surface area contributed by atoms with Crippen LogP contribution in [0.25, 0.3) is 21.6 Å². The van der Waals surface area contributed by atoms with Gasteiger partial charge in [0.05, 0.1) is 22.8 Å². The highest BCUT2D eigenvalue weighted by molar-refractivity contribution is 7.19. The van der Waals surface area contributed by atoms with Crippen LogP contribution in [0.1, 0.15) is 36.8 Å². The number of fused-ring (bicyclic) bond motifs is 2. The molecule has 2 unspecified atom stereocenters. The minimum absolute atomic E-state index is 0.0518. The number of benzene rings is 2.